The zero-order valence-electron chi connectivity index (χ0n) is 28.1. The summed E-state index contributed by atoms with van der Waals surface area (Å²) in [6.45, 7) is 22.9. The molecule has 0 bridgehead atoms. The molecule has 7 unspecified atom stereocenters. The Hall–Kier alpha value is -1.04. The summed E-state index contributed by atoms with van der Waals surface area (Å²) in [5.74, 6) is 5.84. The van der Waals surface area contributed by atoms with E-state index in [0.717, 1.165) is 41.9 Å². The van der Waals surface area contributed by atoms with E-state index in [9.17, 15) is 0 Å². The first-order valence-electron chi connectivity index (χ1n) is 17.5. The Morgan fingerprint density at radius 3 is 2.13 bits per heavy atom. The van der Waals surface area contributed by atoms with Gasteiger partial charge in [-0.15, -0.1) is 0 Å². The molecule has 0 aromatic heterocycles. The number of rotatable bonds is 6. The van der Waals surface area contributed by atoms with Gasteiger partial charge in [-0.05, 0) is 110 Å². The highest BCUT2D eigenvalue weighted by atomic mass is 14.6. The molecule has 7 atom stereocenters. The molecule has 4 aliphatic carbocycles. The van der Waals surface area contributed by atoms with Crippen LogP contribution in [0.4, 0.5) is 0 Å². The van der Waals surface area contributed by atoms with E-state index in [4.69, 9.17) is 0 Å². The second-order valence-corrected chi connectivity index (χ2v) is 13.8. The second-order valence-electron chi connectivity index (χ2n) is 13.8. The van der Waals surface area contributed by atoms with Gasteiger partial charge in [0, 0.05) is 0 Å². The summed E-state index contributed by atoms with van der Waals surface area (Å²) >= 11 is 0. The molecular weight excluding hydrogens is 468 g/mol. The molecule has 0 heterocycles. The lowest BCUT2D eigenvalue weighted by Gasteiger charge is -2.58. The van der Waals surface area contributed by atoms with Crippen molar-refractivity contribution in [1.29, 1.82) is 0 Å². The minimum Gasteiger partial charge on any atom is -0.0845 e. The molecule has 0 amide bonds. The van der Waals surface area contributed by atoms with Crippen LogP contribution in [0.3, 0.4) is 0 Å². The average molecular weight is 537 g/mol. The first-order valence-corrected chi connectivity index (χ1v) is 17.5. The van der Waals surface area contributed by atoms with Gasteiger partial charge in [0.2, 0.25) is 0 Å². The smallest absolute Gasteiger partial charge is 0.00853 e. The molecule has 0 saturated heterocycles. The van der Waals surface area contributed by atoms with Gasteiger partial charge in [-0.25, -0.2) is 0 Å². The predicted octanol–water partition coefficient (Wildman–Crippen LogP) is 12.7. The van der Waals surface area contributed by atoms with Crippen molar-refractivity contribution in [2.45, 2.75) is 153 Å². The van der Waals surface area contributed by atoms with Gasteiger partial charge in [0.25, 0.3) is 0 Å². The molecule has 3 saturated carbocycles. The molecule has 0 spiro atoms. The van der Waals surface area contributed by atoms with E-state index in [1.807, 2.05) is 39.3 Å². The number of hydrogen-bond acceptors (Lipinski definition) is 0. The van der Waals surface area contributed by atoms with Crippen molar-refractivity contribution >= 4 is 0 Å². The fraction of sp³-hybridized carbons (Fsp3) is 0.795. The van der Waals surface area contributed by atoms with E-state index in [-0.39, 0.29) is 0 Å². The Morgan fingerprint density at radius 2 is 1.51 bits per heavy atom. The molecule has 1 aromatic rings. The summed E-state index contributed by atoms with van der Waals surface area (Å²) in [7, 11) is 0. The van der Waals surface area contributed by atoms with E-state index < -0.39 is 0 Å². The Labute approximate surface area is 246 Å². The summed E-state index contributed by atoms with van der Waals surface area (Å²) in [5, 5.41) is 0. The molecule has 224 valence electrons. The maximum atomic E-state index is 2.74. The molecular formula is C39H68. The monoisotopic (exact) mass is 537 g/mol. The van der Waals surface area contributed by atoms with Gasteiger partial charge in [0.15, 0.2) is 0 Å². The van der Waals surface area contributed by atoms with Crippen LogP contribution in [0, 0.1) is 46.3 Å². The Balaban J connectivity index is 0.000000375. The Kier molecular flexibility index (Phi) is 14.4. The molecule has 0 N–H and O–H groups in total. The van der Waals surface area contributed by atoms with Gasteiger partial charge in [-0.3, -0.25) is 0 Å². The van der Waals surface area contributed by atoms with E-state index >= 15 is 0 Å². The van der Waals surface area contributed by atoms with Crippen LogP contribution >= 0.6 is 0 Å². The molecule has 1 aromatic carbocycles. The average Bonchev–Trinajstić information content (AvgIpc) is 3.33. The summed E-state index contributed by atoms with van der Waals surface area (Å²) in [6, 6.07) is 10.5. The van der Waals surface area contributed by atoms with Crippen molar-refractivity contribution in [1.82, 2.24) is 0 Å². The lowest BCUT2D eigenvalue weighted by Crippen LogP contribution is -2.50. The van der Waals surface area contributed by atoms with Crippen LogP contribution in [0.1, 0.15) is 152 Å². The highest BCUT2D eigenvalue weighted by Gasteiger charge is 2.58. The van der Waals surface area contributed by atoms with Gasteiger partial charge >= 0.3 is 0 Å². The SMILES string of the molecule is CC.CC.CC(C)CCCC(C)C1CCC2C3CC=C4CCCCC4(C)C3CCC12C.CCc1ccccc1. The van der Waals surface area contributed by atoms with Crippen LogP contribution in [0.25, 0.3) is 0 Å². The lowest BCUT2D eigenvalue weighted by atomic mass is 9.47. The largest absolute Gasteiger partial charge is 0.0845 e. The van der Waals surface area contributed by atoms with Crippen molar-refractivity contribution in [3.63, 3.8) is 0 Å². The highest BCUT2D eigenvalue weighted by molar-refractivity contribution is 5.24. The van der Waals surface area contributed by atoms with Gasteiger partial charge in [0.05, 0.1) is 0 Å². The maximum Gasteiger partial charge on any atom is -0.00853 e. The van der Waals surface area contributed by atoms with Crippen LogP contribution in [-0.2, 0) is 6.42 Å². The van der Waals surface area contributed by atoms with Crippen molar-refractivity contribution in [3.05, 3.63) is 47.5 Å². The summed E-state index contributed by atoms with van der Waals surface area (Å²) < 4.78 is 0. The minimum atomic E-state index is 0.573. The quantitative estimate of drug-likeness (QED) is 0.317. The lowest BCUT2D eigenvalue weighted by molar-refractivity contribution is -0.0500. The third kappa shape index (κ3) is 8.04. The van der Waals surface area contributed by atoms with Gasteiger partial charge in [0.1, 0.15) is 0 Å². The number of aryl methyl sites for hydroxylation is 1. The van der Waals surface area contributed by atoms with Crippen molar-refractivity contribution in [3.8, 4) is 0 Å². The maximum absolute atomic E-state index is 2.74. The van der Waals surface area contributed by atoms with Crippen LogP contribution in [0.2, 0.25) is 0 Å². The molecule has 39 heavy (non-hydrogen) atoms. The standard InChI is InChI=1S/C27H46.C8H10.2C2H6/c1-19(2)9-8-10-20(3)23-14-15-24-22-13-12-21-11-6-7-17-26(21,4)25(22)16-18-27(23,24)5;1-2-8-6-4-3-5-7-8;2*1-2/h12,19-20,22-25H,6-11,13-18H2,1-5H3;3-7H,2H2,1H3;2*1-2H3. The fourth-order valence-corrected chi connectivity index (χ4v) is 9.44. The van der Waals surface area contributed by atoms with E-state index in [0.29, 0.717) is 10.8 Å². The van der Waals surface area contributed by atoms with E-state index in [1.54, 1.807) is 0 Å². The molecule has 4 aliphatic rings. The Bertz CT molecular complexity index is 818. The second kappa shape index (κ2) is 16.4. The van der Waals surface area contributed by atoms with E-state index in [1.165, 1.54) is 82.6 Å². The molecule has 5 rings (SSSR count). The summed E-state index contributed by atoms with van der Waals surface area (Å²) in [5.41, 5.74) is 4.50. The van der Waals surface area contributed by atoms with Crippen LogP contribution in [0.5, 0.6) is 0 Å². The third-order valence-corrected chi connectivity index (χ3v) is 11.5. The van der Waals surface area contributed by atoms with Crippen LogP contribution in [-0.4, -0.2) is 0 Å². The van der Waals surface area contributed by atoms with Crippen LogP contribution in [0.15, 0.2) is 42.0 Å². The minimum absolute atomic E-state index is 0.573. The first-order chi connectivity index (χ1) is 18.8. The van der Waals surface area contributed by atoms with Crippen molar-refractivity contribution in [2.24, 2.45) is 46.3 Å². The molecule has 0 heteroatoms. The normalized spacial score (nSPS) is 33.4. The topological polar surface area (TPSA) is 0 Å². The third-order valence-electron chi connectivity index (χ3n) is 11.5. The van der Waals surface area contributed by atoms with Crippen molar-refractivity contribution < 1.29 is 0 Å². The first kappa shape index (κ1) is 34.2. The molecule has 0 radical (unpaired) electrons. The zero-order valence-corrected chi connectivity index (χ0v) is 28.1. The fourth-order valence-electron chi connectivity index (χ4n) is 9.44. The molecule has 0 nitrogen and oxygen atoms in total. The molecule has 0 aliphatic heterocycles. The number of fused-ring (bicyclic) bond motifs is 5. The summed E-state index contributed by atoms with van der Waals surface area (Å²) in [4.78, 5) is 0. The predicted molar refractivity (Wildman–Crippen MR) is 176 cm³/mol. The van der Waals surface area contributed by atoms with Gasteiger partial charge in [-0.2, -0.15) is 0 Å². The highest BCUT2D eigenvalue weighted by Crippen LogP contribution is 2.67. The number of benzene rings is 1. The molecule has 3 fully saturated rings. The van der Waals surface area contributed by atoms with E-state index in [2.05, 4.69) is 71.9 Å². The van der Waals surface area contributed by atoms with Gasteiger partial charge in [-0.1, -0.05) is 137 Å². The summed E-state index contributed by atoms with van der Waals surface area (Å²) in [6.07, 6.45) is 21.6. The Morgan fingerprint density at radius 1 is 0.821 bits per heavy atom. The van der Waals surface area contributed by atoms with Crippen LogP contribution < -0.4 is 0 Å². The van der Waals surface area contributed by atoms with Crippen molar-refractivity contribution in [2.75, 3.05) is 0 Å². The number of allylic oxidation sites excluding steroid dienone is 2. The zero-order chi connectivity index (χ0) is 29.1. The number of hydrogen-bond donors (Lipinski definition) is 0. The van der Waals surface area contributed by atoms with Gasteiger partial charge < -0.3 is 0 Å².